The van der Waals surface area contributed by atoms with E-state index in [9.17, 15) is 0 Å². The fourth-order valence-corrected chi connectivity index (χ4v) is 4.62. The zero-order chi connectivity index (χ0) is 18.6. The van der Waals surface area contributed by atoms with Crippen molar-refractivity contribution in [3.8, 4) is 0 Å². The molecule has 140 valence electrons. The van der Waals surface area contributed by atoms with Crippen LogP contribution in [0.4, 0.5) is 0 Å². The van der Waals surface area contributed by atoms with Crippen molar-refractivity contribution in [2.24, 2.45) is 0 Å². The van der Waals surface area contributed by atoms with Gasteiger partial charge in [-0.2, -0.15) is 0 Å². The van der Waals surface area contributed by atoms with Gasteiger partial charge in [0.05, 0.1) is 0 Å². The van der Waals surface area contributed by atoms with Gasteiger partial charge >= 0.3 is 0 Å². The number of fused-ring (bicyclic) bond motifs is 2. The van der Waals surface area contributed by atoms with Gasteiger partial charge in [-0.3, -0.25) is 0 Å². The highest BCUT2D eigenvalue weighted by molar-refractivity contribution is 5.84. The average Bonchev–Trinajstić information content (AvgIpc) is 2.72. The number of rotatable bonds is 6. The minimum absolute atomic E-state index is 0.665. The molecule has 0 heteroatoms. The van der Waals surface area contributed by atoms with Crippen LogP contribution in [0.3, 0.4) is 0 Å². The molecule has 1 aliphatic carbocycles. The molecule has 0 heterocycles. The summed E-state index contributed by atoms with van der Waals surface area (Å²) >= 11 is 0. The first-order valence-corrected chi connectivity index (χ1v) is 10.9. The van der Waals surface area contributed by atoms with Crippen LogP contribution in [0, 0.1) is 0 Å². The van der Waals surface area contributed by atoms with Gasteiger partial charge in [-0.25, -0.2) is 0 Å². The summed E-state index contributed by atoms with van der Waals surface area (Å²) in [4.78, 5) is 0. The number of hydrogen-bond acceptors (Lipinski definition) is 0. The number of hydrogen-bond donors (Lipinski definition) is 0. The van der Waals surface area contributed by atoms with Crippen molar-refractivity contribution in [2.75, 3.05) is 0 Å². The van der Waals surface area contributed by atoms with Gasteiger partial charge in [0.1, 0.15) is 0 Å². The molecule has 4 rings (SSSR count). The van der Waals surface area contributed by atoms with Crippen LogP contribution < -0.4 is 0 Å². The average molecular weight is 357 g/mol. The van der Waals surface area contributed by atoms with E-state index in [4.69, 9.17) is 0 Å². The lowest BCUT2D eigenvalue weighted by molar-refractivity contribution is 0.585. The molecular weight excluding hydrogens is 324 g/mol. The van der Waals surface area contributed by atoms with Crippen LogP contribution in [0.1, 0.15) is 73.3 Å². The van der Waals surface area contributed by atoms with Crippen molar-refractivity contribution in [3.63, 3.8) is 0 Å². The maximum absolute atomic E-state index is 2.45. The minimum atomic E-state index is 0.665. The Kier molecular flexibility index (Phi) is 5.62. The van der Waals surface area contributed by atoms with E-state index in [0.717, 1.165) is 6.42 Å². The smallest absolute Gasteiger partial charge is 0.0118 e. The van der Waals surface area contributed by atoms with Gasteiger partial charge in [-0.15, -0.1) is 0 Å². The largest absolute Gasteiger partial charge is 0.0654 e. The second kappa shape index (κ2) is 8.30. The molecule has 0 saturated heterocycles. The molecule has 0 radical (unpaired) electrons. The zero-order valence-corrected chi connectivity index (χ0v) is 16.9. The number of unbranched alkanes of at least 4 members (excludes halogenated alkanes) is 2. The first-order valence-electron chi connectivity index (χ1n) is 10.9. The molecule has 27 heavy (non-hydrogen) atoms. The van der Waals surface area contributed by atoms with Crippen LogP contribution in [0.15, 0.2) is 54.6 Å². The van der Waals surface area contributed by atoms with Gasteiger partial charge in [-0.05, 0) is 83.0 Å². The maximum atomic E-state index is 2.45. The van der Waals surface area contributed by atoms with Crippen LogP contribution in [-0.4, -0.2) is 0 Å². The second-order valence-corrected chi connectivity index (χ2v) is 8.29. The highest BCUT2D eigenvalue weighted by Gasteiger charge is 2.20. The van der Waals surface area contributed by atoms with Gasteiger partial charge in [0, 0.05) is 0 Å². The summed E-state index contributed by atoms with van der Waals surface area (Å²) in [6, 6.07) is 21.4. The fourth-order valence-electron chi connectivity index (χ4n) is 4.62. The highest BCUT2D eigenvalue weighted by Crippen LogP contribution is 2.34. The van der Waals surface area contributed by atoms with Gasteiger partial charge in [0.25, 0.3) is 0 Å². The van der Waals surface area contributed by atoms with E-state index in [0.29, 0.717) is 5.92 Å². The molecule has 1 atom stereocenters. The van der Waals surface area contributed by atoms with Gasteiger partial charge in [0.2, 0.25) is 0 Å². The predicted molar refractivity (Wildman–Crippen MR) is 118 cm³/mol. The topological polar surface area (TPSA) is 0 Å². The molecule has 0 aromatic heterocycles. The van der Waals surface area contributed by atoms with Crippen molar-refractivity contribution >= 4 is 10.8 Å². The quantitative estimate of drug-likeness (QED) is 0.403. The van der Waals surface area contributed by atoms with Crippen LogP contribution in [0.25, 0.3) is 10.8 Å². The van der Waals surface area contributed by atoms with E-state index in [1.165, 1.54) is 72.4 Å². The van der Waals surface area contributed by atoms with Gasteiger partial charge < -0.3 is 0 Å². The standard InChI is InChI=1S/C27H32/c1-3-5-6-7-21-9-11-25-19-27(15-13-23(25)17-21)26-14-12-22-16-20(4-2)8-10-24(22)18-26/h8-11,13,15-17,19,26H,3-7,12,14,18H2,1-2H3. The van der Waals surface area contributed by atoms with E-state index in [1.54, 1.807) is 11.1 Å². The van der Waals surface area contributed by atoms with Crippen LogP contribution in [0.2, 0.25) is 0 Å². The summed E-state index contributed by atoms with van der Waals surface area (Å²) in [6.07, 6.45) is 9.98. The Bertz CT molecular complexity index is 918. The third-order valence-electron chi connectivity index (χ3n) is 6.38. The molecular formula is C27H32. The number of benzene rings is 3. The molecule has 0 saturated carbocycles. The first kappa shape index (κ1) is 18.3. The summed E-state index contributed by atoms with van der Waals surface area (Å²) in [7, 11) is 0. The summed E-state index contributed by atoms with van der Waals surface area (Å²) in [5.74, 6) is 0.665. The molecule has 1 aliphatic rings. The molecule has 0 bridgehead atoms. The van der Waals surface area contributed by atoms with Gasteiger partial charge in [-0.1, -0.05) is 81.3 Å². The lowest BCUT2D eigenvalue weighted by Gasteiger charge is -2.26. The molecule has 0 aliphatic heterocycles. The Morgan fingerprint density at radius 3 is 2.44 bits per heavy atom. The maximum Gasteiger partial charge on any atom is -0.0118 e. The minimum Gasteiger partial charge on any atom is -0.0654 e. The summed E-state index contributed by atoms with van der Waals surface area (Å²) in [6.45, 7) is 4.52. The number of aryl methyl sites for hydroxylation is 3. The van der Waals surface area contributed by atoms with E-state index >= 15 is 0 Å². The molecule has 0 spiro atoms. The predicted octanol–water partition coefficient (Wildman–Crippen LogP) is 7.41. The molecule has 0 nitrogen and oxygen atoms in total. The van der Waals surface area contributed by atoms with E-state index < -0.39 is 0 Å². The molecule has 0 amide bonds. The van der Waals surface area contributed by atoms with Crippen LogP contribution in [-0.2, 0) is 25.7 Å². The lowest BCUT2D eigenvalue weighted by Crippen LogP contribution is -2.13. The van der Waals surface area contributed by atoms with Crippen LogP contribution in [0.5, 0.6) is 0 Å². The first-order chi connectivity index (χ1) is 13.3. The van der Waals surface area contributed by atoms with Crippen LogP contribution >= 0.6 is 0 Å². The van der Waals surface area contributed by atoms with E-state index in [1.807, 2.05) is 0 Å². The second-order valence-electron chi connectivity index (χ2n) is 8.29. The third kappa shape index (κ3) is 4.10. The normalized spacial score (nSPS) is 16.4. The summed E-state index contributed by atoms with van der Waals surface area (Å²) < 4.78 is 0. The lowest BCUT2D eigenvalue weighted by atomic mass is 9.79. The summed E-state index contributed by atoms with van der Waals surface area (Å²) in [5.41, 5.74) is 7.64. The van der Waals surface area contributed by atoms with Crippen molar-refractivity contribution in [1.29, 1.82) is 0 Å². The van der Waals surface area contributed by atoms with E-state index in [2.05, 4.69) is 68.4 Å². The Hall–Kier alpha value is -2.08. The molecule has 1 unspecified atom stereocenters. The van der Waals surface area contributed by atoms with Crippen molar-refractivity contribution in [1.82, 2.24) is 0 Å². The Balaban J connectivity index is 1.52. The van der Waals surface area contributed by atoms with E-state index in [-0.39, 0.29) is 0 Å². The monoisotopic (exact) mass is 356 g/mol. The van der Waals surface area contributed by atoms with Gasteiger partial charge in [0.15, 0.2) is 0 Å². The highest BCUT2D eigenvalue weighted by atomic mass is 14.2. The van der Waals surface area contributed by atoms with Crippen molar-refractivity contribution < 1.29 is 0 Å². The summed E-state index contributed by atoms with van der Waals surface area (Å²) in [5, 5.41) is 2.80. The molecule has 3 aromatic rings. The fraction of sp³-hybridized carbons (Fsp3) is 0.407. The Morgan fingerprint density at radius 1 is 0.778 bits per heavy atom. The Morgan fingerprint density at radius 2 is 1.59 bits per heavy atom. The molecule has 0 fully saturated rings. The van der Waals surface area contributed by atoms with Crippen molar-refractivity contribution in [2.45, 2.75) is 71.1 Å². The molecule has 3 aromatic carbocycles. The third-order valence-corrected chi connectivity index (χ3v) is 6.38. The van der Waals surface area contributed by atoms with Crippen molar-refractivity contribution in [3.05, 3.63) is 82.4 Å². The molecule has 0 N–H and O–H groups in total. The zero-order valence-electron chi connectivity index (χ0n) is 16.9. The SMILES string of the molecule is CCCCCc1ccc2cc(C3CCc4cc(CC)ccc4C3)ccc2c1. The Labute approximate surface area is 164 Å².